The van der Waals surface area contributed by atoms with Crippen LogP contribution >= 0.6 is 0 Å². The molecule has 0 N–H and O–H groups in total. The number of hydrogen-bond donors (Lipinski definition) is 0. The highest BCUT2D eigenvalue weighted by molar-refractivity contribution is 5.99. The van der Waals surface area contributed by atoms with Gasteiger partial charge in [0.1, 0.15) is 11.3 Å². The Morgan fingerprint density at radius 2 is 2.09 bits per heavy atom. The van der Waals surface area contributed by atoms with Crippen LogP contribution in [0.2, 0.25) is 0 Å². The molecule has 1 aromatic carbocycles. The predicted molar refractivity (Wildman–Crippen MR) is 88.7 cm³/mol. The number of ether oxygens (including phenoxy) is 1. The number of fused-ring (bicyclic) bond motifs is 1. The number of piperazine rings is 1. The van der Waals surface area contributed by atoms with Crippen molar-refractivity contribution in [1.29, 1.82) is 0 Å². The first-order valence-electron chi connectivity index (χ1n) is 7.66. The maximum atomic E-state index is 12.8. The molecule has 5 heteroatoms. The summed E-state index contributed by atoms with van der Waals surface area (Å²) < 4.78 is 11.0. The zero-order chi connectivity index (χ0) is 16.4. The number of methoxy groups -OCH3 is 1. The first-order chi connectivity index (χ1) is 11.1. The van der Waals surface area contributed by atoms with Gasteiger partial charge in [0, 0.05) is 37.1 Å². The molecule has 2 aromatic rings. The highest BCUT2D eigenvalue weighted by atomic mass is 16.5. The number of carbonyl (C=O) groups excluding carboxylic acids is 1. The average Bonchev–Trinajstić information content (AvgIpc) is 2.91. The fourth-order valence-electron chi connectivity index (χ4n) is 2.91. The Hall–Kier alpha value is -2.45. The number of rotatable bonds is 3. The lowest BCUT2D eigenvalue weighted by Crippen LogP contribution is -2.48. The monoisotopic (exact) mass is 312 g/mol. The van der Waals surface area contributed by atoms with Crippen LogP contribution in [-0.2, 0) is 0 Å². The van der Waals surface area contributed by atoms with Crippen LogP contribution in [0.5, 0.6) is 5.75 Å². The minimum Gasteiger partial charge on any atom is -0.497 e. The third kappa shape index (κ3) is 2.90. The van der Waals surface area contributed by atoms with Gasteiger partial charge in [-0.15, -0.1) is 6.42 Å². The largest absolute Gasteiger partial charge is 0.497 e. The van der Waals surface area contributed by atoms with Crippen LogP contribution in [0.3, 0.4) is 0 Å². The average molecular weight is 312 g/mol. The molecule has 1 aromatic heterocycles. The van der Waals surface area contributed by atoms with E-state index in [9.17, 15) is 4.79 Å². The van der Waals surface area contributed by atoms with Gasteiger partial charge in [-0.2, -0.15) is 0 Å². The van der Waals surface area contributed by atoms with Crippen LogP contribution in [0.1, 0.15) is 16.1 Å². The second kappa shape index (κ2) is 6.35. The minimum absolute atomic E-state index is 0.0574. The first kappa shape index (κ1) is 15.4. The summed E-state index contributed by atoms with van der Waals surface area (Å²) in [6.45, 7) is 5.46. The van der Waals surface area contributed by atoms with E-state index in [-0.39, 0.29) is 5.91 Å². The molecule has 1 fully saturated rings. The van der Waals surface area contributed by atoms with Crippen molar-refractivity contribution < 1.29 is 13.9 Å². The lowest BCUT2D eigenvalue weighted by Gasteiger charge is -2.33. The number of terminal acetylenes is 1. The van der Waals surface area contributed by atoms with Gasteiger partial charge < -0.3 is 14.1 Å². The van der Waals surface area contributed by atoms with Gasteiger partial charge in [0.05, 0.1) is 13.7 Å². The third-order valence-corrected chi connectivity index (χ3v) is 4.31. The van der Waals surface area contributed by atoms with Crippen molar-refractivity contribution in [1.82, 2.24) is 9.80 Å². The maximum absolute atomic E-state index is 12.8. The zero-order valence-electron chi connectivity index (χ0n) is 13.5. The first-order valence-corrected chi connectivity index (χ1v) is 7.66. The van der Waals surface area contributed by atoms with Crippen molar-refractivity contribution in [2.45, 2.75) is 6.92 Å². The van der Waals surface area contributed by atoms with Gasteiger partial charge in [0.25, 0.3) is 5.91 Å². The van der Waals surface area contributed by atoms with Crippen molar-refractivity contribution in [3.63, 3.8) is 0 Å². The summed E-state index contributed by atoms with van der Waals surface area (Å²) in [5.41, 5.74) is 1.56. The Labute approximate surface area is 135 Å². The molecule has 2 heterocycles. The van der Waals surface area contributed by atoms with Gasteiger partial charge in [-0.25, -0.2) is 0 Å². The molecule has 1 aliphatic heterocycles. The van der Waals surface area contributed by atoms with Crippen LogP contribution in [0.25, 0.3) is 11.0 Å². The van der Waals surface area contributed by atoms with Crippen LogP contribution in [0.4, 0.5) is 0 Å². The third-order valence-electron chi connectivity index (χ3n) is 4.31. The Morgan fingerprint density at radius 3 is 2.74 bits per heavy atom. The van der Waals surface area contributed by atoms with Crippen LogP contribution in [0, 0.1) is 19.3 Å². The molecule has 120 valence electrons. The summed E-state index contributed by atoms with van der Waals surface area (Å²) in [5.74, 6) is 3.75. The number of furan rings is 1. The quantitative estimate of drug-likeness (QED) is 0.815. The number of nitrogens with zero attached hydrogens (tertiary/aromatic N) is 2. The van der Waals surface area contributed by atoms with Crippen molar-refractivity contribution >= 4 is 16.9 Å². The molecule has 0 saturated carbocycles. The highest BCUT2D eigenvalue weighted by Gasteiger charge is 2.26. The molecule has 0 radical (unpaired) electrons. The maximum Gasteiger partial charge on any atom is 0.289 e. The summed E-state index contributed by atoms with van der Waals surface area (Å²) in [6, 6.07) is 5.57. The van der Waals surface area contributed by atoms with E-state index >= 15 is 0 Å². The number of carbonyl (C=O) groups is 1. The van der Waals surface area contributed by atoms with Crippen LogP contribution < -0.4 is 4.74 Å². The fourth-order valence-corrected chi connectivity index (χ4v) is 2.91. The SMILES string of the molecule is C#CCN1CCN(C(=O)c2oc3ccc(OC)cc3c2C)CC1. The van der Waals surface area contributed by atoms with Gasteiger partial charge in [0.15, 0.2) is 5.76 Å². The summed E-state index contributed by atoms with van der Waals surface area (Å²) in [7, 11) is 1.62. The standard InChI is InChI=1S/C18H20N2O3/c1-4-7-19-8-10-20(11-9-19)18(21)17-13(2)15-12-14(22-3)5-6-16(15)23-17/h1,5-6,12H,7-11H2,2-3H3. The Morgan fingerprint density at radius 1 is 1.35 bits per heavy atom. The predicted octanol–water partition coefficient (Wildman–Crippen LogP) is 2.14. The summed E-state index contributed by atoms with van der Waals surface area (Å²) in [5, 5.41) is 0.915. The molecule has 0 unspecified atom stereocenters. The second-order valence-electron chi connectivity index (χ2n) is 5.69. The molecule has 0 spiro atoms. The molecule has 5 nitrogen and oxygen atoms in total. The van der Waals surface area contributed by atoms with Crippen molar-refractivity contribution in [3.05, 3.63) is 29.5 Å². The van der Waals surface area contributed by atoms with Crippen molar-refractivity contribution in [2.24, 2.45) is 0 Å². The van der Waals surface area contributed by atoms with E-state index in [2.05, 4.69) is 10.8 Å². The molecule has 1 saturated heterocycles. The Kier molecular flexibility index (Phi) is 4.26. The zero-order valence-corrected chi connectivity index (χ0v) is 13.5. The smallest absolute Gasteiger partial charge is 0.289 e. The molecular formula is C18H20N2O3. The van der Waals surface area contributed by atoms with E-state index in [1.54, 1.807) is 7.11 Å². The molecule has 23 heavy (non-hydrogen) atoms. The fraction of sp³-hybridized carbons (Fsp3) is 0.389. The molecule has 1 aliphatic rings. The topological polar surface area (TPSA) is 45.9 Å². The van der Waals surface area contributed by atoms with E-state index in [1.807, 2.05) is 30.0 Å². The normalized spacial score (nSPS) is 15.6. The lowest BCUT2D eigenvalue weighted by atomic mass is 10.1. The molecule has 0 atom stereocenters. The van der Waals surface area contributed by atoms with E-state index in [4.69, 9.17) is 15.6 Å². The van der Waals surface area contributed by atoms with Gasteiger partial charge in [-0.05, 0) is 25.1 Å². The lowest BCUT2D eigenvalue weighted by molar-refractivity contribution is 0.0622. The van der Waals surface area contributed by atoms with Gasteiger partial charge in [0.2, 0.25) is 0 Å². The number of amides is 1. The Bertz CT molecular complexity index is 764. The minimum atomic E-state index is -0.0574. The van der Waals surface area contributed by atoms with Gasteiger partial charge in [-0.1, -0.05) is 5.92 Å². The summed E-state index contributed by atoms with van der Waals surface area (Å²) in [6.07, 6.45) is 5.33. The van der Waals surface area contributed by atoms with Crippen LogP contribution in [0.15, 0.2) is 22.6 Å². The molecular weight excluding hydrogens is 292 g/mol. The number of aryl methyl sites for hydroxylation is 1. The summed E-state index contributed by atoms with van der Waals surface area (Å²) >= 11 is 0. The van der Waals surface area contributed by atoms with Gasteiger partial charge in [-0.3, -0.25) is 9.69 Å². The Balaban J connectivity index is 1.82. The van der Waals surface area contributed by atoms with E-state index in [0.29, 0.717) is 31.0 Å². The van der Waals surface area contributed by atoms with Crippen molar-refractivity contribution in [2.75, 3.05) is 39.8 Å². The van der Waals surface area contributed by atoms with E-state index in [0.717, 1.165) is 29.8 Å². The van der Waals surface area contributed by atoms with Crippen LogP contribution in [-0.4, -0.2) is 55.5 Å². The molecule has 3 rings (SSSR count). The molecule has 1 amide bonds. The molecule has 0 aliphatic carbocycles. The van der Waals surface area contributed by atoms with Gasteiger partial charge >= 0.3 is 0 Å². The molecule has 0 bridgehead atoms. The van der Waals surface area contributed by atoms with E-state index in [1.165, 1.54) is 0 Å². The van der Waals surface area contributed by atoms with E-state index < -0.39 is 0 Å². The number of benzene rings is 1. The second-order valence-corrected chi connectivity index (χ2v) is 5.69. The number of hydrogen-bond acceptors (Lipinski definition) is 4. The van der Waals surface area contributed by atoms with Crippen molar-refractivity contribution in [3.8, 4) is 18.1 Å². The summed E-state index contributed by atoms with van der Waals surface area (Å²) in [4.78, 5) is 16.7. The highest BCUT2D eigenvalue weighted by Crippen LogP contribution is 2.29.